The minimum atomic E-state index is -0.989. The number of fused-ring (bicyclic) bond motifs is 1. The van der Waals surface area contributed by atoms with Crippen molar-refractivity contribution in [1.82, 2.24) is 0 Å². The normalized spacial score (nSPS) is 10.4. The first kappa shape index (κ1) is 14.1. The number of nitrogens with zero attached hydrogens (tertiary/aromatic N) is 1. The van der Waals surface area contributed by atoms with Crippen molar-refractivity contribution < 1.29 is 9.90 Å². The minimum absolute atomic E-state index is 0.200. The van der Waals surface area contributed by atoms with E-state index in [0.717, 1.165) is 16.3 Å². The van der Waals surface area contributed by atoms with Gasteiger partial charge in [-0.1, -0.05) is 41.9 Å². The Hall–Kier alpha value is -2.83. The van der Waals surface area contributed by atoms with E-state index >= 15 is 0 Å². The van der Waals surface area contributed by atoms with Gasteiger partial charge in [0.1, 0.15) is 0 Å². The van der Waals surface area contributed by atoms with Crippen LogP contribution in [-0.4, -0.2) is 11.1 Å². The van der Waals surface area contributed by atoms with Crippen molar-refractivity contribution in [1.29, 1.82) is 5.26 Å². The van der Waals surface area contributed by atoms with Crippen LogP contribution in [0.2, 0.25) is 5.02 Å². The second-order valence-corrected chi connectivity index (χ2v) is 5.23. The second-order valence-electron chi connectivity index (χ2n) is 4.82. The number of nitriles is 1. The molecule has 1 N–H and O–H groups in total. The van der Waals surface area contributed by atoms with Gasteiger partial charge in [-0.15, -0.1) is 0 Å². The van der Waals surface area contributed by atoms with Gasteiger partial charge in [0.25, 0.3) is 0 Å². The highest BCUT2D eigenvalue weighted by atomic mass is 35.5. The molecule has 0 aliphatic carbocycles. The molecule has 0 amide bonds. The van der Waals surface area contributed by atoms with Gasteiger partial charge in [-0.25, -0.2) is 4.79 Å². The molecule has 3 nitrogen and oxygen atoms in total. The molecule has 4 heteroatoms. The van der Waals surface area contributed by atoms with Crippen LogP contribution in [0.5, 0.6) is 0 Å². The summed E-state index contributed by atoms with van der Waals surface area (Å²) in [6.45, 7) is 0. The molecular weight excluding hydrogens is 298 g/mol. The summed E-state index contributed by atoms with van der Waals surface area (Å²) in [5.41, 5.74) is 2.04. The van der Waals surface area contributed by atoms with Crippen molar-refractivity contribution >= 4 is 28.3 Å². The van der Waals surface area contributed by atoms with Crippen LogP contribution in [0, 0.1) is 11.3 Å². The average molecular weight is 308 g/mol. The Kier molecular flexibility index (Phi) is 3.54. The summed E-state index contributed by atoms with van der Waals surface area (Å²) in [5.74, 6) is -0.989. The SMILES string of the molecule is N#Cc1cccc(Cl)c1-c1cccc2ccc(C(=O)O)cc12. The lowest BCUT2D eigenvalue weighted by Gasteiger charge is -2.11. The van der Waals surface area contributed by atoms with Crippen LogP contribution in [0.1, 0.15) is 15.9 Å². The number of aromatic carboxylic acids is 1. The predicted octanol–water partition coefficient (Wildman–Crippen LogP) is 4.73. The van der Waals surface area contributed by atoms with E-state index in [1.807, 2.05) is 18.2 Å². The van der Waals surface area contributed by atoms with Gasteiger partial charge in [0.2, 0.25) is 0 Å². The molecule has 0 radical (unpaired) electrons. The topological polar surface area (TPSA) is 61.1 Å². The lowest BCUT2D eigenvalue weighted by molar-refractivity contribution is 0.0697. The molecule has 3 aromatic carbocycles. The maximum absolute atomic E-state index is 11.2. The number of carboxylic acid groups (broad SMARTS) is 1. The third-order valence-electron chi connectivity index (χ3n) is 3.53. The minimum Gasteiger partial charge on any atom is -0.478 e. The van der Waals surface area contributed by atoms with E-state index in [2.05, 4.69) is 6.07 Å². The number of hydrogen-bond acceptors (Lipinski definition) is 2. The van der Waals surface area contributed by atoms with E-state index in [0.29, 0.717) is 16.1 Å². The van der Waals surface area contributed by atoms with Gasteiger partial charge in [-0.2, -0.15) is 5.26 Å². The number of carbonyl (C=O) groups is 1. The first-order chi connectivity index (χ1) is 10.6. The van der Waals surface area contributed by atoms with Crippen LogP contribution in [0.4, 0.5) is 0 Å². The van der Waals surface area contributed by atoms with Crippen molar-refractivity contribution in [2.45, 2.75) is 0 Å². The Labute approximate surface area is 132 Å². The first-order valence-corrected chi connectivity index (χ1v) is 6.94. The van der Waals surface area contributed by atoms with E-state index in [1.165, 1.54) is 0 Å². The molecule has 0 aromatic heterocycles. The summed E-state index contributed by atoms with van der Waals surface area (Å²) >= 11 is 6.28. The van der Waals surface area contributed by atoms with Crippen LogP contribution < -0.4 is 0 Å². The van der Waals surface area contributed by atoms with E-state index < -0.39 is 5.97 Å². The summed E-state index contributed by atoms with van der Waals surface area (Å²) in [4.78, 5) is 11.2. The fourth-order valence-electron chi connectivity index (χ4n) is 2.51. The van der Waals surface area contributed by atoms with E-state index in [4.69, 9.17) is 11.6 Å². The van der Waals surface area contributed by atoms with Crippen LogP contribution in [0.25, 0.3) is 21.9 Å². The number of benzene rings is 3. The Morgan fingerprint density at radius 1 is 1.09 bits per heavy atom. The zero-order chi connectivity index (χ0) is 15.7. The van der Waals surface area contributed by atoms with Crippen LogP contribution >= 0.6 is 11.6 Å². The molecule has 0 heterocycles. The predicted molar refractivity (Wildman–Crippen MR) is 86.1 cm³/mol. The highest BCUT2D eigenvalue weighted by molar-refractivity contribution is 6.34. The van der Waals surface area contributed by atoms with Gasteiger partial charge >= 0.3 is 5.97 Å². The van der Waals surface area contributed by atoms with Gasteiger partial charge in [-0.3, -0.25) is 0 Å². The largest absolute Gasteiger partial charge is 0.478 e. The maximum atomic E-state index is 11.2. The van der Waals surface area contributed by atoms with Crippen LogP contribution in [-0.2, 0) is 0 Å². The Bertz CT molecular complexity index is 941. The Morgan fingerprint density at radius 3 is 2.59 bits per heavy atom. The summed E-state index contributed by atoms with van der Waals surface area (Å²) in [5, 5.41) is 20.6. The molecule has 0 atom stereocenters. The molecule has 0 unspecified atom stereocenters. The number of rotatable bonds is 2. The van der Waals surface area contributed by atoms with Gasteiger partial charge in [-0.05, 0) is 40.6 Å². The molecular formula is C18H10ClNO2. The fraction of sp³-hybridized carbons (Fsp3) is 0. The third-order valence-corrected chi connectivity index (χ3v) is 3.85. The molecule has 22 heavy (non-hydrogen) atoms. The van der Waals surface area contributed by atoms with Crippen molar-refractivity contribution in [2.75, 3.05) is 0 Å². The average Bonchev–Trinajstić information content (AvgIpc) is 2.53. The molecule has 0 fully saturated rings. The van der Waals surface area contributed by atoms with Crippen molar-refractivity contribution in [2.24, 2.45) is 0 Å². The summed E-state index contributed by atoms with van der Waals surface area (Å²) in [6.07, 6.45) is 0. The molecule has 0 aliphatic rings. The molecule has 0 saturated heterocycles. The van der Waals surface area contributed by atoms with E-state index in [1.54, 1.807) is 36.4 Å². The third kappa shape index (κ3) is 2.30. The summed E-state index contributed by atoms with van der Waals surface area (Å²) < 4.78 is 0. The maximum Gasteiger partial charge on any atom is 0.335 e. The zero-order valence-corrected chi connectivity index (χ0v) is 12.1. The smallest absolute Gasteiger partial charge is 0.335 e. The highest BCUT2D eigenvalue weighted by Gasteiger charge is 2.13. The van der Waals surface area contributed by atoms with Crippen molar-refractivity contribution in [3.63, 3.8) is 0 Å². The molecule has 0 saturated carbocycles. The monoisotopic (exact) mass is 307 g/mol. The number of carboxylic acids is 1. The lowest BCUT2D eigenvalue weighted by atomic mass is 9.94. The van der Waals surface area contributed by atoms with Gasteiger partial charge in [0.15, 0.2) is 0 Å². The molecule has 3 aromatic rings. The fourth-order valence-corrected chi connectivity index (χ4v) is 2.79. The van der Waals surface area contributed by atoms with E-state index in [9.17, 15) is 15.2 Å². The molecule has 0 aliphatic heterocycles. The van der Waals surface area contributed by atoms with Gasteiger partial charge in [0.05, 0.1) is 17.2 Å². The number of halogens is 1. The molecule has 3 rings (SSSR count). The quantitative estimate of drug-likeness (QED) is 0.744. The Morgan fingerprint density at radius 2 is 1.86 bits per heavy atom. The van der Waals surface area contributed by atoms with Crippen LogP contribution in [0.15, 0.2) is 54.6 Å². The van der Waals surface area contributed by atoms with Crippen LogP contribution in [0.3, 0.4) is 0 Å². The molecule has 0 spiro atoms. The van der Waals surface area contributed by atoms with Crippen molar-refractivity contribution in [3.8, 4) is 17.2 Å². The standard InChI is InChI=1S/C18H10ClNO2/c19-16-6-2-4-13(10-20)17(16)14-5-1-3-11-7-8-12(18(21)22)9-15(11)14/h1-9H,(H,21,22). The first-order valence-electron chi connectivity index (χ1n) is 6.57. The second kappa shape index (κ2) is 5.51. The number of hydrogen-bond donors (Lipinski definition) is 1. The Balaban J connectivity index is 2.39. The summed E-state index contributed by atoms with van der Waals surface area (Å²) in [6, 6.07) is 17.8. The lowest BCUT2D eigenvalue weighted by Crippen LogP contribution is -1.96. The van der Waals surface area contributed by atoms with E-state index in [-0.39, 0.29) is 5.56 Å². The van der Waals surface area contributed by atoms with Gasteiger partial charge < -0.3 is 5.11 Å². The highest BCUT2D eigenvalue weighted by Crippen LogP contribution is 2.36. The zero-order valence-electron chi connectivity index (χ0n) is 11.4. The summed E-state index contributed by atoms with van der Waals surface area (Å²) in [7, 11) is 0. The molecule has 106 valence electrons. The molecule has 0 bridgehead atoms. The van der Waals surface area contributed by atoms with Crippen molar-refractivity contribution in [3.05, 3.63) is 70.7 Å². The van der Waals surface area contributed by atoms with Gasteiger partial charge in [0, 0.05) is 10.6 Å².